The SMILES string of the molecule is CC(C)N1Cc2c(cc(CN3CC4CC4(C)C3)cc2C(F)(F)F)C1=O.CC(C)N1Cc2c(cc(CN3CCC4(CC4)C3)cc2C(F)(F)F)C1=O.CC(C)N1Cc2c(cc(OC3CC3)cc2C(F)(F)F)C1=O.CC(C)N1Cc2c(cc(OC3CNC3)cc2C(F)(F)F)C1=O.CC(C)N1Cc2c(cccc2C(F)(F)F)C1=O.CC(c1cc2c(c(C(F)(F)F)c1)CN(C(C)C)C2=O)N1CCC2(CC2)C1. The Bertz CT molecular complexity index is 5530. The van der Waals surface area contributed by atoms with Crippen LogP contribution in [-0.2, 0) is 89.4 Å². The topological polar surface area (TPSA) is 162 Å². The Morgan fingerprint density at radius 2 is 0.691 bits per heavy atom. The standard InChI is InChI=1S/C20H25F3N2O.2C19H23F3N2O.C15H17F3N2O2.C15H16F3NO2.C12H12F3NO/c1-12(2)25-10-16-15(18(25)26)8-14(9-17(16)20(21,22)23)13(3)24-7-6-19(11-24)4-5-19;1-11(2)24-9-15-14(17(24)25)4-12(5-16(15)19(20,21)22)7-23-8-13-6-18(13,3)10-23;1-12(2)24-10-15-14(17(24)25)7-13(8-16(15)19(20,21)22)9-23-6-5-18(11-23)3-4-18;1-8(2)20-7-12-11(14(20)21)3-9(22-10-5-19-6-10)4-13(12)15(16,17)18;1-8(2)19-7-12-11(14(19)20)5-10(21-9-3-4-9)6-13(12)15(16,17)18;1-7(2)16-6-9-8(11(16)17)4-3-5-10(9)12(13,14)15/h8-9,12-13H,4-7,10-11H2,1-3H3;4-5,11,13H,6-10H2,1-3H3;7-8,12H,3-6,9-11H2,1-2H3;3-4,8,10,19H,5-7H2,1-2H3;5-6,8-9H,3-4,7H2,1-2H3;3-5,7H,6H2,1-2H3. The summed E-state index contributed by atoms with van der Waals surface area (Å²) in [6.45, 7) is 33.9. The van der Waals surface area contributed by atoms with E-state index in [1.165, 1.54) is 104 Å². The van der Waals surface area contributed by atoms with Crippen LogP contribution in [0.4, 0.5) is 79.0 Å². The molecule has 10 heterocycles. The maximum atomic E-state index is 13.7. The summed E-state index contributed by atoms with van der Waals surface area (Å²) in [7, 11) is 0. The number of carbonyl (C=O) groups excluding carboxylic acids is 6. The minimum atomic E-state index is -4.51. The number of ether oxygens (including phenoxy) is 2. The Balaban J connectivity index is 0.000000125. The largest absolute Gasteiger partial charge is 0.490 e. The third-order valence-corrected chi connectivity index (χ3v) is 29.2. The van der Waals surface area contributed by atoms with Crippen molar-refractivity contribution in [2.24, 2.45) is 22.2 Å². The van der Waals surface area contributed by atoms with Crippen molar-refractivity contribution in [3.8, 4) is 11.5 Å². The fourth-order valence-corrected chi connectivity index (χ4v) is 20.5. The second-order valence-electron chi connectivity index (χ2n) is 41.2. The molecule has 136 heavy (non-hydrogen) atoms. The predicted octanol–water partition coefficient (Wildman–Crippen LogP) is 21.7. The number of piperidine rings is 1. The monoisotopic (exact) mass is 1930 g/mol. The van der Waals surface area contributed by atoms with Gasteiger partial charge in [0.25, 0.3) is 35.4 Å². The van der Waals surface area contributed by atoms with E-state index in [0.29, 0.717) is 65.0 Å². The Morgan fingerprint density at radius 3 is 1.02 bits per heavy atom. The molecule has 4 aliphatic carbocycles. The van der Waals surface area contributed by atoms with Gasteiger partial charge in [-0.2, -0.15) is 79.0 Å². The van der Waals surface area contributed by atoms with Gasteiger partial charge in [0.1, 0.15) is 17.6 Å². The van der Waals surface area contributed by atoms with Crippen molar-refractivity contribution in [3.05, 3.63) is 196 Å². The third kappa shape index (κ3) is 21.1. The van der Waals surface area contributed by atoms with Crippen LogP contribution in [0.15, 0.2) is 78.9 Å². The van der Waals surface area contributed by atoms with Crippen LogP contribution in [0.1, 0.15) is 306 Å². The molecule has 4 saturated carbocycles. The van der Waals surface area contributed by atoms with Gasteiger partial charge in [-0.3, -0.25) is 43.5 Å². The molecule has 740 valence electrons. The lowest BCUT2D eigenvalue weighted by Gasteiger charge is -2.28. The highest BCUT2D eigenvalue weighted by atomic mass is 19.4. The molecule has 10 aliphatic heterocycles. The van der Waals surface area contributed by atoms with Crippen LogP contribution in [-0.4, -0.2) is 180 Å². The van der Waals surface area contributed by atoms with Crippen molar-refractivity contribution >= 4 is 35.4 Å². The quantitative estimate of drug-likeness (QED) is 0.0914. The van der Waals surface area contributed by atoms with E-state index in [4.69, 9.17) is 9.47 Å². The molecule has 6 aromatic carbocycles. The zero-order valence-corrected chi connectivity index (χ0v) is 78.6. The van der Waals surface area contributed by atoms with Gasteiger partial charge < -0.3 is 44.2 Å². The summed E-state index contributed by atoms with van der Waals surface area (Å²) in [6, 6.07) is 16.7. The maximum Gasteiger partial charge on any atom is 0.416 e. The van der Waals surface area contributed by atoms with Crippen LogP contribution in [0.3, 0.4) is 0 Å². The summed E-state index contributed by atoms with van der Waals surface area (Å²) in [5, 5.41) is 2.99. The van der Waals surface area contributed by atoms with Crippen LogP contribution in [0, 0.1) is 22.2 Å². The molecule has 0 radical (unpaired) electrons. The van der Waals surface area contributed by atoms with Crippen LogP contribution >= 0.6 is 0 Å². The molecular formula is C100H116F18N10O8. The first-order chi connectivity index (χ1) is 63.2. The number of rotatable bonds is 16. The lowest BCUT2D eigenvalue weighted by molar-refractivity contribution is -0.139. The highest BCUT2D eigenvalue weighted by Gasteiger charge is 2.57. The summed E-state index contributed by atoms with van der Waals surface area (Å²) in [6.07, 6.45) is -16.7. The van der Waals surface area contributed by atoms with E-state index in [9.17, 15) is 108 Å². The Hall–Kier alpha value is -9.68. The molecule has 0 aromatic heterocycles. The first-order valence-electron chi connectivity index (χ1n) is 46.7. The van der Waals surface area contributed by atoms with Gasteiger partial charge in [-0.15, -0.1) is 0 Å². The fraction of sp³-hybridized carbons (Fsp3) is 0.580. The predicted molar refractivity (Wildman–Crippen MR) is 469 cm³/mol. The number of carbonyl (C=O) groups is 6. The number of fused-ring (bicyclic) bond motifs is 7. The van der Waals surface area contributed by atoms with Gasteiger partial charge in [-0.05, 0) is 306 Å². The summed E-state index contributed by atoms with van der Waals surface area (Å²) in [5.41, 5.74) is 0.536. The molecular weight excluding hydrogens is 1810 g/mol. The minimum Gasteiger partial charge on any atom is -0.490 e. The van der Waals surface area contributed by atoms with E-state index in [2.05, 4.69) is 26.9 Å². The molecule has 18 nitrogen and oxygen atoms in total. The summed E-state index contributed by atoms with van der Waals surface area (Å²) in [4.78, 5) is 89.9. The number of hydrogen-bond donors (Lipinski definition) is 1. The number of nitrogens with one attached hydrogen (secondary N) is 1. The molecule has 0 bridgehead atoms. The average molecular weight is 1930 g/mol. The summed E-state index contributed by atoms with van der Waals surface area (Å²) >= 11 is 0. The van der Waals surface area contributed by atoms with Crippen molar-refractivity contribution in [1.82, 2.24) is 49.4 Å². The molecule has 3 atom stereocenters. The van der Waals surface area contributed by atoms with E-state index in [-0.39, 0.29) is 207 Å². The molecule has 6 amide bonds. The molecule has 2 spiro atoms. The van der Waals surface area contributed by atoms with Gasteiger partial charge in [0, 0.05) is 167 Å². The zero-order chi connectivity index (χ0) is 99.2. The number of halogens is 18. The van der Waals surface area contributed by atoms with Crippen molar-refractivity contribution < 1.29 is 117 Å². The summed E-state index contributed by atoms with van der Waals surface area (Å²) < 4.78 is 252. The molecule has 4 saturated heterocycles. The number of hydrogen-bond acceptors (Lipinski definition) is 12. The number of benzene rings is 6. The first kappa shape index (κ1) is 101. The smallest absolute Gasteiger partial charge is 0.416 e. The lowest BCUT2D eigenvalue weighted by atomic mass is 9.95. The van der Waals surface area contributed by atoms with Crippen LogP contribution < -0.4 is 14.8 Å². The van der Waals surface area contributed by atoms with Gasteiger partial charge in [0.2, 0.25) is 0 Å². The van der Waals surface area contributed by atoms with E-state index in [0.717, 1.165) is 83.2 Å². The Labute approximate surface area is 779 Å². The zero-order valence-electron chi connectivity index (χ0n) is 78.6. The Kier molecular flexibility index (Phi) is 27.3. The second-order valence-corrected chi connectivity index (χ2v) is 41.2. The molecule has 14 aliphatic rings. The van der Waals surface area contributed by atoms with Gasteiger partial charge >= 0.3 is 37.1 Å². The minimum absolute atomic E-state index is 0.00435. The maximum absolute atomic E-state index is 13.7. The van der Waals surface area contributed by atoms with E-state index in [1.807, 2.05) is 48.5 Å². The first-order valence-corrected chi connectivity index (χ1v) is 46.7. The molecule has 20 rings (SSSR count). The van der Waals surface area contributed by atoms with Crippen LogP contribution in [0.2, 0.25) is 0 Å². The molecule has 1 N–H and O–H groups in total. The number of alkyl halides is 18. The summed E-state index contributed by atoms with van der Waals surface area (Å²) in [5.74, 6) is -0.956. The van der Waals surface area contributed by atoms with Gasteiger partial charge in [0.15, 0.2) is 0 Å². The van der Waals surface area contributed by atoms with E-state index >= 15 is 0 Å². The van der Waals surface area contributed by atoms with Crippen LogP contribution in [0.5, 0.6) is 11.5 Å². The number of nitrogens with zero attached hydrogens (tertiary/aromatic N) is 9. The molecule has 36 heteroatoms. The van der Waals surface area contributed by atoms with Gasteiger partial charge in [-0.1, -0.05) is 13.0 Å². The fourth-order valence-electron chi connectivity index (χ4n) is 20.5. The number of amides is 6. The van der Waals surface area contributed by atoms with Crippen LogP contribution in [0.25, 0.3) is 0 Å². The van der Waals surface area contributed by atoms with Crippen molar-refractivity contribution in [3.63, 3.8) is 0 Å². The number of likely N-dealkylation sites (tertiary alicyclic amines) is 3. The third-order valence-electron chi connectivity index (χ3n) is 29.2. The van der Waals surface area contributed by atoms with Gasteiger partial charge in [0.05, 0.1) is 39.5 Å². The van der Waals surface area contributed by atoms with Crippen molar-refractivity contribution in [2.75, 3.05) is 52.4 Å². The van der Waals surface area contributed by atoms with Crippen molar-refractivity contribution in [1.29, 1.82) is 0 Å². The molecule has 6 aromatic rings. The second kappa shape index (κ2) is 36.8. The Morgan fingerprint density at radius 1 is 0.360 bits per heavy atom. The van der Waals surface area contributed by atoms with Crippen molar-refractivity contribution in [2.45, 2.75) is 299 Å². The molecule has 8 fully saturated rings. The highest BCUT2D eigenvalue weighted by Crippen LogP contribution is 2.59. The molecule has 3 unspecified atom stereocenters. The average Bonchev–Trinajstić information content (AvgIpc) is 1.57. The normalized spacial score (nSPS) is 21.6. The van der Waals surface area contributed by atoms with E-state index in [1.54, 1.807) is 59.7 Å². The lowest BCUT2D eigenvalue weighted by Crippen LogP contribution is -2.50. The van der Waals surface area contributed by atoms with E-state index < -0.39 is 70.4 Å². The highest BCUT2D eigenvalue weighted by molar-refractivity contribution is 6.03. The van der Waals surface area contributed by atoms with Gasteiger partial charge in [-0.25, -0.2) is 0 Å².